The van der Waals surface area contributed by atoms with Gasteiger partial charge in [0.25, 0.3) is 0 Å². The molecule has 0 aromatic rings. The third-order valence-electron chi connectivity index (χ3n) is 7.81. The average molecular weight is 479 g/mol. The number of Topliss-reactive ketones (excluding diaryl/α,β-unsaturated/α-hetero) is 1. The van der Waals surface area contributed by atoms with Gasteiger partial charge in [0.1, 0.15) is 17.3 Å². The number of ether oxygens (including phenoxy) is 4. The quantitative estimate of drug-likeness (QED) is 0.486. The highest BCUT2D eigenvalue weighted by atomic mass is 16.6. The van der Waals surface area contributed by atoms with Gasteiger partial charge in [0.05, 0.1) is 26.2 Å². The molecule has 1 aliphatic carbocycles. The number of carbonyl (C=O) groups excluding carboxylic acids is 3. The van der Waals surface area contributed by atoms with Gasteiger partial charge in [-0.05, 0) is 57.1 Å². The molecular formula is C26H38O8. The van der Waals surface area contributed by atoms with E-state index in [1.807, 2.05) is 33.8 Å². The van der Waals surface area contributed by atoms with Crippen molar-refractivity contribution < 1.29 is 38.4 Å². The summed E-state index contributed by atoms with van der Waals surface area (Å²) in [6.45, 7) is 11.0. The third-order valence-corrected chi connectivity index (χ3v) is 7.81. The van der Waals surface area contributed by atoms with Crippen molar-refractivity contribution in [2.24, 2.45) is 29.6 Å². The van der Waals surface area contributed by atoms with Crippen molar-refractivity contribution in [3.63, 3.8) is 0 Å². The summed E-state index contributed by atoms with van der Waals surface area (Å²) in [5.41, 5.74) is 0.810. The highest BCUT2D eigenvalue weighted by molar-refractivity contribution is 5.90. The van der Waals surface area contributed by atoms with Crippen LogP contribution in [0.15, 0.2) is 23.0 Å². The van der Waals surface area contributed by atoms with Gasteiger partial charge in [-0.25, -0.2) is 4.79 Å². The molecular weight excluding hydrogens is 440 g/mol. The third kappa shape index (κ3) is 4.42. The molecule has 8 nitrogen and oxygen atoms in total. The maximum Gasteiger partial charge on any atom is 0.374 e. The molecule has 1 fully saturated rings. The molecule has 7 atom stereocenters. The molecule has 34 heavy (non-hydrogen) atoms. The topological polar surface area (TPSA) is 108 Å². The molecule has 3 aliphatic rings. The summed E-state index contributed by atoms with van der Waals surface area (Å²) in [5.74, 6) is -5.50. The van der Waals surface area contributed by atoms with Gasteiger partial charge in [-0.15, -0.1) is 0 Å². The maximum absolute atomic E-state index is 13.7. The number of allylic oxidation sites excluding steroid dienone is 1. The summed E-state index contributed by atoms with van der Waals surface area (Å²) in [6, 6.07) is 0. The van der Waals surface area contributed by atoms with Crippen LogP contribution < -0.4 is 0 Å². The van der Waals surface area contributed by atoms with Crippen LogP contribution in [0, 0.1) is 29.6 Å². The Labute approximate surface area is 201 Å². The van der Waals surface area contributed by atoms with Crippen molar-refractivity contribution >= 4 is 17.7 Å². The van der Waals surface area contributed by atoms with Crippen LogP contribution in [0.25, 0.3) is 0 Å². The molecule has 0 amide bonds. The minimum absolute atomic E-state index is 0.0462. The number of methoxy groups -OCH3 is 2. The lowest BCUT2D eigenvalue weighted by molar-refractivity contribution is -0.202. The van der Waals surface area contributed by atoms with Crippen LogP contribution in [0.2, 0.25) is 0 Å². The lowest BCUT2D eigenvalue weighted by Gasteiger charge is -2.43. The van der Waals surface area contributed by atoms with E-state index in [1.54, 1.807) is 6.92 Å². The summed E-state index contributed by atoms with van der Waals surface area (Å²) >= 11 is 0. The fourth-order valence-corrected chi connectivity index (χ4v) is 5.89. The van der Waals surface area contributed by atoms with Crippen LogP contribution in [0.1, 0.15) is 60.8 Å². The second-order valence-electron chi connectivity index (χ2n) is 10.5. The molecule has 0 aromatic carbocycles. The number of aliphatic hydroxyl groups is 1. The van der Waals surface area contributed by atoms with Gasteiger partial charge in [-0.3, -0.25) is 9.59 Å². The van der Waals surface area contributed by atoms with Crippen molar-refractivity contribution in [1.29, 1.82) is 0 Å². The SMILES string of the molecule is COC(=O)[C@@H]1[C@@H]2C(=O)[C@H](C)CC[C@@]3(C)OC(=O)C(OC)=C(C(C)C)[C@@H]3CC=C(C)[C@H]2O[C@]1(C)O. The lowest BCUT2D eigenvalue weighted by Crippen LogP contribution is -2.47. The summed E-state index contributed by atoms with van der Waals surface area (Å²) in [4.78, 5) is 39.1. The molecule has 0 saturated carbocycles. The molecule has 2 aliphatic heterocycles. The fraction of sp³-hybridized carbons (Fsp3) is 0.731. The first kappa shape index (κ1) is 26.4. The molecule has 1 saturated heterocycles. The van der Waals surface area contributed by atoms with E-state index in [-0.39, 0.29) is 23.4 Å². The van der Waals surface area contributed by atoms with Crippen molar-refractivity contribution in [2.75, 3.05) is 14.2 Å². The van der Waals surface area contributed by atoms with Gasteiger partial charge < -0.3 is 24.1 Å². The number of hydrogen-bond donors (Lipinski definition) is 1. The maximum atomic E-state index is 13.7. The molecule has 190 valence electrons. The number of rotatable bonds is 3. The van der Waals surface area contributed by atoms with Crippen molar-refractivity contribution in [1.82, 2.24) is 0 Å². The summed E-state index contributed by atoms with van der Waals surface area (Å²) < 4.78 is 22.3. The lowest BCUT2D eigenvalue weighted by atomic mass is 9.71. The van der Waals surface area contributed by atoms with E-state index < -0.39 is 47.2 Å². The number of ketones is 1. The van der Waals surface area contributed by atoms with Crippen molar-refractivity contribution in [3.8, 4) is 0 Å². The van der Waals surface area contributed by atoms with E-state index in [0.717, 1.165) is 11.1 Å². The zero-order valence-electron chi connectivity index (χ0n) is 21.5. The van der Waals surface area contributed by atoms with Gasteiger partial charge in [-0.2, -0.15) is 0 Å². The Morgan fingerprint density at radius 2 is 1.88 bits per heavy atom. The van der Waals surface area contributed by atoms with Crippen LogP contribution in [0.3, 0.4) is 0 Å². The first-order valence-corrected chi connectivity index (χ1v) is 12.0. The number of carbonyl (C=O) groups is 3. The Bertz CT molecular complexity index is 914. The van der Waals surface area contributed by atoms with E-state index >= 15 is 0 Å². The first-order valence-electron chi connectivity index (χ1n) is 12.0. The molecule has 0 radical (unpaired) electrons. The van der Waals surface area contributed by atoms with Crippen LogP contribution >= 0.6 is 0 Å². The van der Waals surface area contributed by atoms with E-state index in [0.29, 0.717) is 19.3 Å². The summed E-state index contributed by atoms with van der Waals surface area (Å²) in [5, 5.41) is 10.9. The largest absolute Gasteiger partial charge is 0.490 e. The predicted molar refractivity (Wildman–Crippen MR) is 123 cm³/mol. The Hall–Kier alpha value is -2.19. The van der Waals surface area contributed by atoms with Gasteiger partial charge >= 0.3 is 11.9 Å². The molecule has 0 aromatic heterocycles. The van der Waals surface area contributed by atoms with E-state index in [4.69, 9.17) is 18.9 Å². The van der Waals surface area contributed by atoms with Gasteiger partial charge in [0, 0.05) is 11.8 Å². The van der Waals surface area contributed by atoms with Crippen molar-refractivity contribution in [2.45, 2.75) is 78.3 Å². The van der Waals surface area contributed by atoms with Gasteiger partial charge in [0.15, 0.2) is 5.79 Å². The number of hydrogen-bond acceptors (Lipinski definition) is 8. The highest BCUT2D eigenvalue weighted by Crippen LogP contribution is 2.48. The summed E-state index contributed by atoms with van der Waals surface area (Å²) in [6.07, 6.45) is 2.64. The molecule has 2 heterocycles. The molecule has 0 unspecified atom stereocenters. The summed E-state index contributed by atoms with van der Waals surface area (Å²) in [7, 11) is 2.71. The predicted octanol–water partition coefficient (Wildman–Crippen LogP) is 3.32. The van der Waals surface area contributed by atoms with Crippen LogP contribution in [0.5, 0.6) is 0 Å². The van der Waals surface area contributed by atoms with E-state index in [9.17, 15) is 19.5 Å². The Morgan fingerprint density at radius 3 is 2.44 bits per heavy atom. The van der Waals surface area contributed by atoms with Crippen LogP contribution in [-0.2, 0) is 33.3 Å². The Balaban J connectivity index is 2.13. The second kappa shape index (κ2) is 9.46. The smallest absolute Gasteiger partial charge is 0.374 e. The van der Waals surface area contributed by atoms with Crippen molar-refractivity contribution in [3.05, 3.63) is 23.0 Å². The van der Waals surface area contributed by atoms with E-state index in [2.05, 4.69) is 0 Å². The van der Waals surface area contributed by atoms with E-state index in [1.165, 1.54) is 21.1 Å². The number of fused-ring (bicyclic) bond motifs is 2. The molecule has 0 bridgehead atoms. The first-order chi connectivity index (χ1) is 15.8. The Morgan fingerprint density at radius 1 is 1.24 bits per heavy atom. The molecule has 0 spiro atoms. The molecule has 8 heteroatoms. The normalized spacial score (nSPS) is 39.0. The van der Waals surface area contributed by atoms with Crippen LogP contribution in [-0.4, -0.2) is 54.5 Å². The monoisotopic (exact) mass is 478 g/mol. The number of esters is 2. The highest BCUT2D eigenvalue weighted by Gasteiger charge is 2.59. The second-order valence-corrected chi connectivity index (χ2v) is 10.5. The van der Waals surface area contributed by atoms with Gasteiger partial charge in [0.2, 0.25) is 5.76 Å². The Kier molecular flexibility index (Phi) is 7.35. The molecule has 3 rings (SSSR count). The fourth-order valence-electron chi connectivity index (χ4n) is 5.89. The average Bonchev–Trinajstić information content (AvgIpc) is 3.05. The zero-order chi connectivity index (χ0) is 25.6. The molecule has 1 N–H and O–H groups in total. The minimum Gasteiger partial charge on any atom is -0.490 e. The zero-order valence-corrected chi connectivity index (χ0v) is 21.5. The van der Waals surface area contributed by atoms with Gasteiger partial charge in [-0.1, -0.05) is 26.8 Å². The standard InChI is InChI=1S/C26H38O8/c1-13(2)17-16-10-9-15(4)21-18(19(23(28)32-8)26(6,30)33-21)20(27)14(3)11-12-25(16,5)34-24(29)22(17)31-7/h9,13-14,16,18-19,21,30H,10-12H2,1-8H3/t14-,16+,18-,19+,21-,25-,26+/m1/s1. The minimum atomic E-state index is -1.84. The van der Waals surface area contributed by atoms with Crippen LogP contribution in [0.4, 0.5) is 0 Å².